The Morgan fingerprint density at radius 3 is 2.67 bits per heavy atom. The lowest BCUT2D eigenvalue weighted by Gasteiger charge is -2.50. The molecule has 0 bridgehead atoms. The van der Waals surface area contributed by atoms with Crippen LogP contribution in [0.25, 0.3) is 0 Å². The fourth-order valence-corrected chi connectivity index (χ4v) is 2.23. The number of rotatable bonds is 2. The number of aryl methyl sites for hydroxylation is 1. The Hall–Kier alpha value is -1.42. The summed E-state index contributed by atoms with van der Waals surface area (Å²) in [5.74, 6) is -0.458. The maximum Gasteiger partial charge on any atom is 0.251 e. The monoisotopic (exact) mass is 250 g/mol. The van der Waals surface area contributed by atoms with Crippen molar-refractivity contribution in [2.45, 2.75) is 39.3 Å². The molecule has 0 spiro atoms. The molecule has 3 nitrogen and oxygen atoms in total. The maximum absolute atomic E-state index is 13.1. The Labute approximate surface area is 107 Å². The Morgan fingerprint density at radius 1 is 1.50 bits per heavy atom. The molecule has 3 N–H and O–H groups in total. The minimum atomic E-state index is -0.294. The van der Waals surface area contributed by atoms with E-state index in [9.17, 15) is 9.18 Å². The van der Waals surface area contributed by atoms with E-state index in [2.05, 4.69) is 5.32 Å². The first-order valence-corrected chi connectivity index (χ1v) is 6.15. The number of carbonyl (C=O) groups is 1. The number of amides is 1. The Kier molecular flexibility index (Phi) is 3.15. The predicted molar refractivity (Wildman–Crippen MR) is 68.8 cm³/mol. The van der Waals surface area contributed by atoms with Gasteiger partial charge >= 0.3 is 0 Å². The summed E-state index contributed by atoms with van der Waals surface area (Å²) in [6, 6.07) is 4.60. The van der Waals surface area contributed by atoms with Crippen molar-refractivity contribution >= 4 is 5.91 Å². The summed E-state index contributed by atoms with van der Waals surface area (Å²) in [6.45, 7) is 5.74. The van der Waals surface area contributed by atoms with Crippen LogP contribution in [0.1, 0.15) is 36.2 Å². The molecule has 1 aliphatic carbocycles. The van der Waals surface area contributed by atoms with Crippen LogP contribution >= 0.6 is 0 Å². The molecule has 98 valence electrons. The third-order valence-electron chi connectivity index (χ3n) is 4.07. The van der Waals surface area contributed by atoms with Crippen LogP contribution in [0.5, 0.6) is 0 Å². The second kappa shape index (κ2) is 4.35. The second-order valence-corrected chi connectivity index (χ2v) is 5.65. The number of hydrogen-bond acceptors (Lipinski definition) is 2. The summed E-state index contributed by atoms with van der Waals surface area (Å²) in [5.41, 5.74) is 6.80. The van der Waals surface area contributed by atoms with Crippen molar-refractivity contribution in [3.05, 3.63) is 35.1 Å². The molecule has 4 heteroatoms. The van der Waals surface area contributed by atoms with Gasteiger partial charge in [-0.25, -0.2) is 4.39 Å². The summed E-state index contributed by atoms with van der Waals surface area (Å²) in [4.78, 5) is 12.0. The summed E-state index contributed by atoms with van der Waals surface area (Å²) in [6.07, 6.45) is 0.791. The Bertz CT molecular complexity index is 485. The van der Waals surface area contributed by atoms with Crippen LogP contribution in [0.4, 0.5) is 4.39 Å². The Balaban J connectivity index is 2.07. The molecule has 0 radical (unpaired) electrons. The third-order valence-corrected chi connectivity index (χ3v) is 4.07. The molecule has 18 heavy (non-hydrogen) atoms. The van der Waals surface area contributed by atoms with Gasteiger partial charge in [-0.3, -0.25) is 4.79 Å². The zero-order valence-electron chi connectivity index (χ0n) is 11.0. The van der Waals surface area contributed by atoms with Crippen molar-refractivity contribution in [2.24, 2.45) is 11.1 Å². The van der Waals surface area contributed by atoms with Crippen molar-refractivity contribution < 1.29 is 9.18 Å². The minimum absolute atomic E-state index is 0.0786. The van der Waals surface area contributed by atoms with Gasteiger partial charge in [0.1, 0.15) is 5.82 Å². The molecule has 1 fully saturated rings. The van der Waals surface area contributed by atoms with E-state index in [1.807, 2.05) is 13.8 Å². The first kappa shape index (κ1) is 13.0. The zero-order valence-corrected chi connectivity index (χ0v) is 11.0. The molecule has 1 aromatic rings. The largest absolute Gasteiger partial charge is 0.349 e. The molecule has 1 aliphatic rings. The number of nitrogens with two attached hydrogens (primary N) is 1. The van der Waals surface area contributed by atoms with Crippen LogP contribution in [-0.2, 0) is 0 Å². The van der Waals surface area contributed by atoms with Gasteiger partial charge in [-0.2, -0.15) is 0 Å². The minimum Gasteiger partial charge on any atom is -0.349 e. The van der Waals surface area contributed by atoms with Crippen molar-refractivity contribution in [1.82, 2.24) is 5.32 Å². The average molecular weight is 250 g/mol. The predicted octanol–water partition coefficient (Wildman–Crippen LogP) is 1.99. The highest BCUT2D eigenvalue weighted by molar-refractivity contribution is 5.94. The summed E-state index contributed by atoms with van der Waals surface area (Å²) in [5, 5.41) is 2.96. The number of benzene rings is 1. The summed E-state index contributed by atoms with van der Waals surface area (Å²) >= 11 is 0. The smallest absolute Gasteiger partial charge is 0.251 e. The van der Waals surface area contributed by atoms with Crippen molar-refractivity contribution in [2.75, 3.05) is 0 Å². The molecule has 2 rings (SSSR count). The van der Waals surface area contributed by atoms with Gasteiger partial charge in [-0.05, 0) is 37.1 Å². The number of carbonyl (C=O) groups excluding carboxylic acids is 1. The first-order valence-electron chi connectivity index (χ1n) is 6.15. The van der Waals surface area contributed by atoms with Crippen molar-refractivity contribution in [3.8, 4) is 0 Å². The molecule has 1 aromatic carbocycles. The third kappa shape index (κ3) is 2.12. The van der Waals surface area contributed by atoms with Gasteiger partial charge in [0.2, 0.25) is 0 Å². The quantitative estimate of drug-likeness (QED) is 0.843. The second-order valence-electron chi connectivity index (χ2n) is 5.65. The highest BCUT2D eigenvalue weighted by Gasteiger charge is 2.46. The standard InChI is InChI=1S/C14H19FN2O/c1-8-6-9(4-5-10(8)15)13(18)17-12-7-11(16)14(12,2)3/h4-6,11-12H,7,16H2,1-3H3,(H,17,18). The lowest BCUT2D eigenvalue weighted by Crippen LogP contribution is -2.64. The Morgan fingerprint density at radius 2 is 2.17 bits per heavy atom. The van der Waals surface area contributed by atoms with Crippen molar-refractivity contribution in [3.63, 3.8) is 0 Å². The average Bonchev–Trinajstić information content (AvgIpc) is 2.32. The molecule has 2 unspecified atom stereocenters. The van der Waals surface area contributed by atoms with E-state index in [1.54, 1.807) is 13.0 Å². The molecule has 0 saturated heterocycles. The fourth-order valence-electron chi connectivity index (χ4n) is 2.23. The molecule has 1 saturated carbocycles. The van der Waals surface area contributed by atoms with Gasteiger partial charge in [-0.1, -0.05) is 13.8 Å². The molecule has 1 amide bonds. The van der Waals surface area contributed by atoms with E-state index in [4.69, 9.17) is 5.73 Å². The molecule has 0 heterocycles. The molecule has 0 aliphatic heterocycles. The summed E-state index contributed by atoms with van der Waals surface area (Å²) in [7, 11) is 0. The fraction of sp³-hybridized carbons (Fsp3) is 0.500. The first-order chi connectivity index (χ1) is 8.32. The molecular weight excluding hydrogens is 231 g/mol. The van der Waals surface area contributed by atoms with Crippen LogP contribution in [-0.4, -0.2) is 18.0 Å². The van der Waals surface area contributed by atoms with Crippen LogP contribution < -0.4 is 11.1 Å². The highest BCUT2D eigenvalue weighted by Crippen LogP contribution is 2.39. The maximum atomic E-state index is 13.1. The van der Waals surface area contributed by atoms with Crippen LogP contribution in [0.3, 0.4) is 0 Å². The number of hydrogen-bond donors (Lipinski definition) is 2. The van der Waals surface area contributed by atoms with Crippen LogP contribution in [0, 0.1) is 18.2 Å². The topological polar surface area (TPSA) is 55.1 Å². The van der Waals surface area contributed by atoms with Gasteiger partial charge in [0.15, 0.2) is 0 Å². The SMILES string of the molecule is Cc1cc(C(=O)NC2CC(N)C2(C)C)ccc1F. The van der Waals surface area contributed by atoms with E-state index in [-0.39, 0.29) is 29.2 Å². The molecule has 2 atom stereocenters. The normalized spacial score (nSPS) is 25.4. The van der Waals surface area contributed by atoms with E-state index in [1.165, 1.54) is 12.1 Å². The summed E-state index contributed by atoms with van der Waals surface area (Å²) < 4.78 is 13.1. The molecular formula is C14H19FN2O. The van der Waals surface area contributed by atoms with E-state index >= 15 is 0 Å². The van der Waals surface area contributed by atoms with Gasteiger partial charge < -0.3 is 11.1 Å². The van der Waals surface area contributed by atoms with Crippen LogP contribution in [0.2, 0.25) is 0 Å². The van der Waals surface area contributed by atoms with Gasteiger partial charge in [0, 0.05) is 23.1 Å². The van der Waals surface area contributed by atoms with Gasteiger partial charge in [-0.15, -0.1) is 0 Å². The van der Waals surface area contributed by atoms with E-state index in [0.717, 1.165) is 6.42 Å². The van der Waals surface area contributed by atoms with Crippen LogP contribution in [0.15, 0.2) is 18.2 Å². The van der Waals surface area contributed by atoms with Crippen molar-refractivity contribution in [1.29, 1.82) is 0 Å². The van der Waals surface area contributed by atoms with Gasteiger partial charge in [0.05, 0.1) is 0 Å². The zero-order chi connectivity index (χ0) is 13.5. The van der Waals surface area contributed by atoms with E-state index < -0.39 is 0 Å². The lowest BCUT2D eigenvalue weighted by molar-refractivity contribution is 0.0586. The van der Waals surface area contributed by atoms with Gasteiger partial charge in [0.25, 0.3) is 5.91 Å². The number of nitrogens with one attached hydrogen (secondary N) is 1. The molecule has 0 aromatic heterocycles. The van der Waals surface area contributed by atoms with E-state index in [0.29, 0.717) is 11.1 Å². The number of halogens is 1. The lowest BCUT2D eigenvalue weighted by atomic mass is 9.63. The highest BCUT2D eigenvalue weighted by atomic mass is 19.1.